The van der Waals surface area contributed by atoms with Gasteiger partial charge in [-0.1, -0.05) is 62.9 Å². The number of rotatable bonds is 14. The predicted octanol–water partition coefficient (Wildman–Crippen LogP) is 3.30. The number of hydrogen-bond acceptors (Lipinski definition) is 3. The monoisotopic (exact) mass is 360 g/mol. The molecule has 1 aromatic carbocycles. The molecule has 0 saturated heterocycles. The minimum atomic E-state index is -0.800. The van der Waals surface area contributed by atoms with Gasteiger partial charge in [0.25, 0.3) is 0 Å². The molecule has 0 aromatic heterocycles. The van der Waals surface area contributed by atoms with Gasteiger partial charge in [-0.2, -0.15) is 0 Å². The molecular formula is C21H32N2O3. The Kier molecular flexibility index (Phi) is 11.0. The lowest BCUT2D eigenvalue weighted by atomic mass is 10.0. The zero-order chi connectivity index (χ0) is 19.2. The summed E-state index contributed by atoms with van der Waals surface area (Å²) in [6.07, 6.45) is 7.31. The van der Waals surface area contributed by atoms with E-state index in [4.69, 9.17) is 5.73 Å². The highest BCUT2D eigenvalue weighted by atomic mass is 16.2. The maximum Gasteiger partial charge on any atom is 0.220 e. The van der Waals surface area contributed by atoms with E-state index in [1.54, 1.807) is 0 Å². The maximum absolute atomic E-state index is 12.4. The van der Waals surface area contributed by atoms with Crippen LogP contribution < -0.4 is 11.1 Å². The van der Waals surface area contributed by atoms with Gasteiger partial charge in [-0.3, -0.25) is 14.4 Å². The normalized spacial score (nSPS) is 11.7. The number of ketones is 1. The van der Waals surface area contributed by atoms with Gasteiger partial charge in [0.1, 0.15) is 0 Å². The zero-order valence-electron chi connectivity index (χ0n) is 15.8. The van der Waals surface area contributed by atoms with Gasteiger partial charge in [0.2, 0.25) is 11.8 Å². The van der Waals surface area contributed by atoms with Crippen LogP contribution in [-0.2, 0) is 20.8 Å². The van der Waals surface area contributed by atoms with Crippen LogP contribution in [0, 0.1) is 0 Å². The molecule has 3 N–H and O–H groups in total. The summed E-state index contributed by atoms with van der Waals surface area (Å²) < 4.78 is 0. The molecule has 5 heteroatoms. The summed E-state index contributed by atoms with van der Waals surface area (Å²) >= 11 is 0. The standard InChI is InChI=1S/C21H32N2O3/c1-2-3-4-5-9-15-21(26)23-18(16-20(22)25)19(24)14-10-13-17-11-7-6-8-12-17/h6-8,11-12,18H,2-5,9-10,13-16H2,1H3,(H2,22,25)(H,23,26). The Morgan fingerprint density at radius 2 is 1.65 bits per heavy atom. The number of benzene rings is 1. The molecular weight excluding hydrogens is 328 g/mol. The summed E-state index contributed by atoms with van der Waals surface area (Å²) in [5.74, 6) is -0.877. The van der Waals surface area contributed by atoms with Crippen LogP contribution in [0.2, 0.25) is 0 Å². The second-order valence-electron chi connectivity index (χ2n) is 6.76. The Bertz CT molecular complexity index is 558. The zero-order valence-corrected chi connectivity index (χ0v) is 15.8. The molecule has 0 fully saturated rings. The largest absolute Gasteiger partial charge is 0.370 e. The number of nitrogens with one attached hydrogen (secondary N) is 1. The minimum absolute atomic E-state index is 0.126. The first-order chi connectivity index (χ1) is 12.5. The van der Waals surface area contributed by atoms with Gasteiger partial charge >= 0.3 is 0 Å². The highest BCUT2D eigenvalue weighted by Crippen LogP contribution is 2.09. The highest BCUT2D eigenvalue weighted by molar-refractivity contribution is 5.92. The van der Waals surface area contributed by atoms with Crippen LogP contribution >= 0.6 is 0 Å². The molecule has 0 aliphatic carbocycles. The van der Waals surface area contributed by atoms with E-state index in [2.05, 4.69) is 12.2 Å². The Morgan fingerprint density at radius 3 is 2.31 bits per heavy atom. The van der Waals surface area contributed by atoms with Crippen molar-refractivity contribution in [3.05, 3.63) is 35.9 Å². The van der Waals surface area contributed by atoms with E-state index in [0.29, 0.717) is 19.3 Å². The lowest BCUT2D eigenvalue weighted by molar-refractivity contribution is -0.130. The van der Waals surface area contributed by atoms with Crippen LogP contribution in [0.15, 0.2) is 30.3 Å². The maximum atomic E-state index is 12.4. The molecule has 0 radical (unpaired) electrons. The van der Waals surface area contributed by atoms with Crippen LogP contribution in [-0.4, -0.2) is 23.6 Å². The van der Waals surface area contributed by atoms with E-state index in [0.717, 1.165) is 32.1 Å². The number of aryl methyl sites for hydroxylation is 1. The van der Waals surface area contributed by atoms with E-state index in [1.165, 1.54) is 12.0 Å². The SMILES string of the molecule is CCCCCCCC(=O)NC(CC(N)=O)C(=O)CCCc1ccccc1. The fourth-order valence-corrected chi connectivity index (χ4v) is 2.89. The number of Topliss-reactive ketones (excluding diaryl/α,β-unsaturated/α-hetero) is 1. The van der Waals surface area contributed by atoms with E-state index in [-0.39, 0.29) is 18.1 Å². The van der Waals surface area contributed by atoms with Gasteiger partial charge in [-0.15, -0.1) is 0 Å². The van der Waals surface area contributed by atoms with E-state index < -0.39 is 11.9 Å². The van der Waals surface area contributed by atoms with Gasteiger partial charge in [-0.25, -0.2) is 0 Å². The van der Waals surface area contributed by atoms with Crippen molar-refractivity contribution in [1.82, 2.24) is 5.32 Å². The van der Waals surface area contributed by atoms with E-state index >= 15 is 0 Å². The lowest BCUT2D eigenvalue weighted by Crippen LogP contribution is -2.43. The molecule has 144 valence electrons. The number of carbonyl (C=O) groups excluding carboxylic acids is 3. The molecule has 0 saturated carbocycles. The third kappa shape index (κ3) is 9.97. The van der Waals surface area contributed by atoms with Gasteiger partial charge in [0, 0.05) is 12.8 Å². The first kappa shape index (κ1) is 21.9. The van der Waals surface area contributed by atoms with Crippen molar-refractivity contribution in [2.75, 3.05) is 0 Å². The average Bonchev–Trinajstić information content (AvgIpc) is 2.61. The van der Waals surface area contributed by atoms with E-state index in [9.17, 15) is 14.4 Å². The molecule has 0 heterocycles. The Labute approximate surface area is 156 Å². The number of hydrogen-bond donors (Lipinski definition) is 2. The number of nitrogens with two attached hydrogens (primary N) is 1. The molecule has 2 amide bonds. The molecule has 0 bridgehead atoms. The number of primary amides is 1. The van der Waals surface area contributed by atoms with Crippen molar-refractivity contribution < 1.29 is 14.4 Å². The summed E-state index contributed by atoms with van der Waals surface area (Å²) in [6.45, 7) is 2.14. The van der Waals surface area contributed by atoms with Crippen LogP contribution in [0.5, 0.6) is 0 Å². The van der Waals surface area contributed by atoms with Gasteiger partial charge in [0.05, 0.1) is 12.5 Å². The lowest BCUT2D eigenvalue weighted by Gasteiger charge is -2.16. The first-order valence-electron chi connectivity index (χ1n) is 9.67. The van der Waals surface area contributed by atoms with Gasteiger partial charge in [0.15, 0.2) is 5.78 Å². The minimum Gasteiger partial charge on any atom is -0.370 e. The van der Waals surface area contributed by atoms with E-state index in [1.807, 2.05) is 30.3 Å². The average molecular weight is 360 g/mol. The molecule has 1 rings (SSSR count). The third-order valence-electron chi connectivity index (χ3n) is 4.37. The smallest absolute Gasteiger partial charge is 0.220 e. The van der Waals surface area contributed by atoms with Crippen molar-refractivity contribution >= 4 is 17.6 Å². The fraction of sp³-hybridized carbons (Fsp3) is 0.571. The number of unbranched alkanes of at least 4 members (excludes halogenated alkanes) is 4. The van der Waals surface area contributed by atoms with Crippen LogP contribution in [0.25, 0.3) is 0 Å². The van der Waals surface area contributed by atoms with Crippen molar-refractivity contribution in [2.45, 2.75) is 77.2 Å². The van der Waals surface area contributed by atoms with Crippen molar-refractivity contribution in [3.8, 4) is 0 Å². The summed E-state index contributed by atoms with van der Waals surface area (Å²) in [4.78, 5) is 35.7. The summed E-state index contributed by atoms with van der Waals surface area (Å²) in [7, 11) is 0. The second kappa shape index (κ2) is 13.1. The predicted molar refractivity (Wildman–Crippen MR) is 104 cm³/mol. The molecule has 1 aromatic rings. The Hall–Kier alpha value is -2.17. The number of amides is 2. The Morgan fingerprint density at radius 1 is 0.962 bits per heavy atom. The first-order valence-corrected chi connectivity index (χ1v) is 9.67. The third-order valence-corrected chi connectivity index (χ3v) is 4.37. The fourth-order valence-electron chi connectivity index (χ4n) is 2.89. The highest BCUT2D eigenvalue weighted by Gasteiger charge is 2.22. The number of carbonyl (C=O) groups is 3. The van der Waals surface area contributed by atoms with Crippen LogP contribution in [0.3, 0.4) is 0 Å². The molecule has 5 nitrogen and oxygen atoms in total. The summed E-state index contributed by atoms with van der Waals surface area (Å²) in [5, 5.41) is 2.70. The van der Waals surface area contributed by atoms with Crippen molar-refractivity contribution in [1.29, 1.82) is 0 Å². The molecule has 26 heavy (non-hydrogen) atoms. The van der Waals surface area contributed by atoms with Crippen LogP contribution in [0.1, 0.15) is 70.3 Å². The molecule has 1 atom stereocenters. The topological polar surface area (TPSA) is 89.3 Å². The van der Waals surface area contributed by atoms with Crippen molar-refractivity contribution in [3.63, 3.8) is 0 Å². The van der Waals surface area contributed by atoms with Crippen LogP contribution in [0.4, 0.5) is 0 Å². The molecule has 0 aliphatic rings. The molecule has 0 spiro atoms. The molecule has 1 unspecified atom stereocenters. The summed E-state index contributed by atoms with van der Waals surface area (Å²) in [5.41, 5.74) is 6.41. The Balaban J connectivity index is 2.39. The quantitative estimate of drug-likeness (QED) is 0.499. The van der Waals surface area contributed by atoms with Crippen molar-refractivity contribution in [2.24, 2.45) is 5.73 Å². The second-order valence-corrected chi connectivity index (χ2v) is 6.76. The molecule has 0 aliphatic heterocycles. The van der Waals surface area contributed by atoms with Gasteiger partial charge < -0.3 is 11.1 Å². The summed E-state index contributed by atoms with van der Waals surface area (Å²) in [6, 6.07) is 9.13. The van der Waals surface area contributed by atoms with Gasteiger partial charge in [-0.05, 0) is 24.8 Å².